The summed E-state index contributed by atoms with van der Waals surface area (Å²) in [6.07, 6.45) is 1.84. The first-order valence-corrected chi connectivity index (χ1v) is 8.44. The highest BCUT2D eigenvalue weighted by molar-refractivity contribution is 7.91. The van der Waals surface area contributed by atoms with Gasteiger partial charge in [-0.1, -0.05) is 6.92 Å². The van der Waals surface area contributed by atoms with E-state index in [-0.39, 0.29) is 17.8 Å². The molecule has 0 bridgehead atoms. The van der Waals surface area contributed by atoms with Gasteiger partial charge < -0.3 is 10.1 Å². The van der Waals surface area contributed by atoms with Gasteiger partial charge in [0.05, 0.1) is 18.1 Å². The maximum Gasteiger partial charge on any atom is 0.151 e. The van der Waals surface area contributed by atoms with Crippen LogP contribution in [0.5, 0.6) is 0 Å². The molecule has 0 aromatic heterocycles. The minimum absolute atomic E-state index is 0.138. The molecule has 1 fully saturated rings. The van der Waals surface area contributed by atoms with Crippen molar-refractivity contribution in [1.82, 2.24) is 10.2 Å². The molecule has 0 amide bonds. The molecule has 108 valence electrons. The van der Waals surface area contributed by atoms with Crippen LogP contribution in [-0.2, 0) is 14.6 Å². The fourth-order valence-corrected chi connectivity index (χ4v) is 4.14. The van der Waals surface area contributed by atoms with E-state index >= 15 is 0 Å². The predicted octanol–water partition coefficient (Wildman–Crippen LogP) is 0.120. The molecule has 0 radical (unpaired) electrons. The maximum atomic E-state index is 11.5. The van der Waals surface area contributed by atoms with Crippen LogP contribution in [0.2, 0.25) is 0 Å². The van der Waals surface area contributed by atoms with E-state index in [0.717, 1.165) is 25.9 Å². The summed E-state index contributed by atoms with van der Waals surface area (Å²) in [6, 6.07) is 0.374. The smallest absolute Gasteiger partial charge is 0.151 e. The van der Waals surface area contributed by atoms with Gasteiger partial charge in [0, 0.05) is 25.7 Å². The molecule has 1 rings (SSSR count). The first-order chi connectivity index (χ1) is 8.50. The zero-order valence-corrected chi connectivity index (χ0v) is 12.5. The third kappa shape index (κ3) is 4.84. The van der Waals surface area contributed by atoms with E-state index in [1.54, 1.807) is 7.11 Å². The third-order valence-electron chi connectivity index (χ3n) is 3.53. The average molecular weight is 278 g/mol. The van der Waals surface area contributed by atoms with E-state index in [0.29, 0.717) is 12.4 Å². The van der Waals surface area contributed by atoms with Crippen molar-refractivity contribution in [2.75, 3.05) is 45.4 Å². The van der Waals surface area contributed by atoms with E-state index in [2.05, 4.69) is 17.1 Å². The van der Waals surface area contributed by atoms with Gasteiger partial charge in [0.1, 0.15) is 0 Å². The second-order valence-corrected chi connectivity index (χ2v) is 7.26. The summed E-state index contributed by atoms with van der Waals surface area (Å²) in [5.41, 5.74) is 0. The number of likely N-dealkylation sites (N-methyl/N-ethyl adjacent to an activating group) is 1. The van der Waals surface area contributed by atoms with Crippen molar-refractivity contribution in [3.05, 3.63) is 0 Å². The van der Waals surface area contributed by atoms with E-state index < -0.39 is 9.84 Å². The number of sulfone groups is 1. The summed E-state index contributed by atoms with van der Waals surface area (Å²) >= 11 is 0. The van der Waals surface area contributed by atoms with Gasteiger partial charge in [-0.15, -0.1) is 0 Å². The Morgan fingerprint density at radius 2 is 2.22 bits per heavy atom. The van der Waals surface area contributed by atoms with Gasteiger partial charge >= 0.3 is 0 Å². The topological polar surface area (TPSA) is 58.6 Å². The molecular formula is C12H26N2O3S. The maximum absolute atomic E-state index is 11.5. The standard InChI is InChI=1S/C12H26N2O3S/c1-4-6-13-8-12(9-17-3)14(2)11-5-7-18(15,16)10-11/h11-13H,4-10H2,1-3H3. The number of ether oxygens (including phenoxy) is 1. The second-order valence-electron chi connectivity index (χ2n) is 5.04. The van der Waals surface area contributed by atoms with Crippen LogP contribution in [0.1, 0.15) is 19.8 Å². The average Bonchev–Trinajstić information content (AvgIpc) is 2.68. The van der Waals surface area contributed by atoms with Crippen LogP contribution in [-0.4, -0.2) is 70.8 Å². The zero-order valence-electron chi connectivity index (χ0n) is 11.7. The van der Waals surface area contributed by atoms with Crippen LogP contribution in [0.25, 0.3) is 0 Å². The summed E-state index contributed by atoms with van der Waals surface area (Å²) in [6.45, 7) is 4.58. The molecule has 6 heteroatoms. The van der Waals surface area contributed by atoms with E-state index in [4.69, 9.17) is 4.74 Å². The summed E-state index contributed by atoms with van der Waals surface area (Å²) in [5.74, 6) is 0.613. The Balaban J connectivity index is 2.50. The van der Waals surface area contributed by atoms with Crippen molar-refractivity contribution in [2.45, 2.75) is 31.8 Å². The van der Waals surface area contributed by atoms with Crippen LogP contribution in [0.3, 0.4) is 0 Å². The summed E-state index contributed by atoms with van der Waals surface area (Å²) in [5, 5.41) is 3.37. The number of nitrogens with one attached hydrogen (secondary N) is 1. The van der Waals surface area contributed by atoms with Crippen LogP contribution >= 0.6 is 0 Å². The van der Waals surface area contributed by atoms with Gasteiger partial charge in [-0.3, -0.25) is 4.90 Å². The largest absolute Gasteiger partial charge is 0.383 e. The highest BCUT2D eigenvalue weighted by Gasteiger charge is 2.33. The Kier molecular flexibility index (Phi) is 6.55. The molecule has 0 aromatic carbocycles. The summed E-state index contributed by atoms with van der Waals surface area (Å²) in [7, 11) is 0.872. The van der Waals surface area contributed by atoms with E-state index in [1.807, 2.05) is 7.05 Å². The van der Waals surface area contributed by atoms with Crippen LogP contribution in [0.4, 0.5) is 0 Å². The van der Waals surface area contributed by atoms with Crippen LogP contribution < -0.4 is 5.32 Å². The van der Waals surface area contributed by atoms with E-state index in [1.165, 1.54) is 0 Å². The molecule has 1 heterocycles. The Morgan fingerprint density at radius 3 is 2.72 bits per heavy atom. The lowest BCUT2D eigenvalue weighted by Gasteiger charge is -2.32. The van der Waals surface area contributed by atoms with E-state index in [9.17, 15) is 8.42 Å². The predicted molar refractivity (Wildman–Crippen MR) is 73.6 cm³/mol. The molecule has 2 atom stereocenters. The first-order valence-electron chi connectivity index (χ1n) is 6.62. The summed E-state index contributed by atoms with van der Waals surface area (Å²) < 4.78 is 28.3. The molecule has 0 aliphatic carbocycles. The molecule has 1 aliphatic rings. The molecule has 0 spiro atoms. The number of nitrogens with zero attached hydrogens (tertiary/aromatic N) is 1. The lowest BCUT2D eigenvalue weighted by molar-refractivity contribution is 0.0855. The van der Waals surface area contributed by atoms with Crippen molar-refractivity contribution in [2.24, 2.45) is 0 Å². The lowest BCUT2D eigenvalue weighted by Crippen LogP contribution is -2.48. The molecular weight excluding hydrogens is 252 g/mol. The van der Waals surface area contributed by atoms with Gasteiger partial charge in [-0.2, -0.15) is 0 Å². The van der Waals surface area contributed by atoms with Crippen molar-refractivity contribution in [1.29, 1.82) is 0 Å². The van der Waals surface area contributed by atoms with Crippen LogP contribution in [0, 0.1) is 0 Å². The first kappa shape index (κ1) is 15.9. The number of hydrogen-bond donors (Lipinski definition) is 1. The minimum Gasteiger partial charge on any atom is -0.383 e. The van der Waals surface area contributed by atoms with Crippen LogP contribution in [0.15, 0.2) is 0 Å². The van der Waals surface area contributed by atoms with Crippen molar-refractivity contribution in [3.63, 3.8) is 0 Å². The van der Waals surface area contributed by atoms with Gasteiger partial charge in [-0.05, 0) is 26.4 Å². The number of methoxy groups -OCH3 is 1. The molecule has 18 heavy (non-hydrogen) atoms. The molecule has 1 aliphatic heterocycles. The van der Waals surface area contributed by atoms with Gasteiger partial charge in [0.25, 0.3) is 0 Å². The van der Waals surface area contributed by atoms with Gasteiger partial charge in [0.15, 0.2) is 9.84 Å². The Bertz CT molecular complexity index is 332. The second kappa shape index (κ2) is 7.43. The molecule has 1 N–H and O–H groups in total. The molecule has 1 saturated heterocycles. The van der Waals surface area contributed by atoms with Gasteiger partial charge in [-0.25, -0.2) is 8.42 Å². The zero-order chi connectivity index (χ0) is 13.6. The number of hydrogen-bond acceptors (Lipinski definition) is 5. The fourth-order valence-electron chi connectivity index (χ4n) is 2.35. The Morgan fingerprint density at radius 1 is 1.50 bits per heavy atom. The molecule has 0 aromatic rings. The Hall–Kier alpha value is -0.170. The van der Waals surface area contributed by atoms with Crippen molar-refractivity contribution < 1.29 is 13.2 Å². The third-order valence-corrected chi connectivity index (χ3v) is 5.28. The Labute approximate surface area is 111 Å². The highest BCUT2D eigenvalue weighted by Crippen LogP contribution is 2.18. The quantitative estimate of drug-likeness (QED) is 0.639. The molecule has 5 nitrogen and oxygen atoms in total. The number of rotatable bonds is 8. The normalized spacial score (nSPS) is 24.6. The van der Waals surface area contributed by atoms with Crippen molar-refractivity contribution in [3.8, 4) is 0 Å². The SMILES string of the molecule is CCCNCC(COC)N(C)C1CCS(=O)(=O)C1. The van der Waals surface area contributed by atoms with Crippen molar-refractivity contribution >= 4 is 9.84 Å². The lowest BCUT2D eigenvalue weighted by atomic mass is 10.1. The minimum atomic E-state index is -2.82. The molecule has 2 unspecified atom stereocenters. The monoisotopic (exact) mass is 278 g/mol. The van der Waals surface area contributed by atoms with Gasteiger partial charge in [0.2, 0.25) is 0 Å². The highest BCUT2D eigenvalue weighted by atomic mass is 32.2. The molecule has 0 saturated carbocycles. The summed E-state index contributed by atoms with van der Waals surface area (Å²) in [4.78, 5) is 2.16. The fraction of sp³-hybridized carbons (Fsp3) is 1.00.